The third kappa shape index (κ3) is 1.99. The maximum atomic E-state index is 11.4. The van der Waals surface area contributed by atoms with Gasteiger partial charge in [-0.15, -0.1) is 0 Å². The van der Waals surface area contributed by atoms with E-state index in [1.54, 1.807) is 12.1 Å². The highest BCUT2D eigenvalue weighted by Crippen LogP contribution is 2.16. The van der Waals surface area contributed by atoms with Crippen LogP contribution in [0.1, 0.15) is 0 Å². The first-order valence-corrected chi connectivity index (χ1v) is 4.67. The fourth-order valence-corrected chi connectivity index (χ4v) is 1.31. The van der Waals surface area contributed by atoms with Gasteiger partial charge in [0.2, 0.25) is 5.75 Å². The Labute approximate surface area is 86.3 Å². The number of nitrogens with two attached hydrogens (primary N) is 1. The van der Waals surface area contributed by atoms with Gasteiger partial charge in [-0.2, -0.15) is 0 Å². The van der Waals surface area contributed by atoms with E-state index in [0.717, 1.165) is 5.39 Å². The van der Waals surface area contributed by atoms with Crippen LogP contribution in [-0.2, 0) is 0 Å². The first-order chi connectivity index (χ1) is 7.31. The summed E-state index contributed by atoms with van der Waals surface area (Å²) in [6, 6.07) is 8.94. The minimum Gasteiger partial charge on any atom is -0.485 e. The standard InChI is InChI=1S/C11H11NO3/c12-5-6-14-10-7-8-3-1-2-4-9(8)15-11(10)13/h1-4,7H,5-6,12H2. The predicted octanol–water partition coefficient (Wildman–Crippen LogP) is 1.13. The molecule has 2 N–H and O–H groups in total. The van der Waals surface area contributed by atoms with Gasteiger partial charge in [0.1, 0.15) is 12.2 Å². The Bertz CT molecular complexity index is 518. The number of hydrogen-bond acceptors (Lipinski definition) is 4. The van der Waals surface area contributed by atoms with Crippen LogP contribution in [0, 0.1) is 0 Å². The van der Waals surface area contributed by atoms with Gasteiger partial charge >= 0.3 is 5.63 Å². The number of rotatable bonds is 3. The highest BCUT2D eigenvalue weighted by molar-refractivity contribution is 5.77. The molecule has 0 aliphatic rings. The molecule has 0 fully saturated rings. The molecule has 4 heteroatoms. The van der Waals surface area contributed by atoms with Crippen LogP contribution in [-0.4, -0.2) is 13.2 Å². The van der Waals surface area contributed by atoms with Crippen molar-refractivity contribution in [3.63, 3.8) is 0 Å². The van der Waals surface area contributed by atoms with Crippen molar-refractivity contribution in [2.24, 2.45) is 5.73 Å². The molecule has 78 valence electrons. The zero-order valence-corrected chi connectivity index (χ0v) is 8.10. The Morgan fingerprint density at radius 2 is 2.13 bits per heavy atom. The zero-order valence-electron chi connectivity index (χ0n) is 8.10. The molecule has 0 bridgehead atoms. The molecule has 4 nitrogen and oxygen atoms in total. The lowest BCUT2D eigenvalue weighted by molar-refractivity contribution is 0.312. The van der Waals surface area contributed by atoms with Crippen LogP contribution in [0.2, 0.25) is 0 Å². The highest BCUT2D eigenvalue weighted by atomic mass is 16.5. The van der Waals surface area contributed by atoms with Gasteiger partial charge in [0.25, 0.3) is 0 Å². The van der Waals surface area contributed by atoms with E-state index in [1.165, 1.54) is 0 Å². The van der Waals surface area contributed by atoms with Gasteiger partial charge in [-0.05, 0) is 12.1 Å². The fraction of sp³-hybridized carbons (Fsp3) is 0.182. The molecule has 1 aromatic heterocycles. The van der Waals surface area contributed by atoms with Gasteiger partial charge in [-0.25, -0.2) is 4.79 Å². The third-order valence-electron chi connectivity index (χ3n) is 1.98. The largest absolute Gasteiger partial charge is 0.485 e. The summed E-state index contributed by atoms with van der Waals surface area (Å²) in [7, 11) is 0. The highest BCUT2D eigenvalue weighted by Gasteiger charge is 2.04. The van der Waals surface area contributed by atoms with Crippen LogP contribution in [0.15, 0.2) is 39.5 Å². The van der Waals surface area contributed by atoms with Crippen LogP contribution in [0.3, 0.4) is 0 Å². The molecule has 1 aromatic carbocycles. The second-order valence-electron chi connectivity index (χ2n) is 3.07. The minimum absolute atomic E-state index is 0.208. The van der Waals surface area contributed by atoms with Crippen LogP contribution in [0.25, 0.3) is 11.0 Å². The first kappa shape index (κ1) is 9.73. The molecule has 0 amide bonds. The summed E-state index contributed by atoms with van der Waals surface area (Å²) in [6.07, 6.45) is 0. The molecule has 0 aliphatic carbocycles. The van der Waals surface area contributed by atoms with Gasteiger partial charge in [0, 0.05) is 11.9 Å². The Balaban J connectivity index is 2.48. The first-order valence-electron chi connectivity index (χ1n) is 4.67. The van der Waals surface area contributed by atoms with Gasteiger partial charge in [-0.3, -0.25) is 0 Å². The van der Waals surface area contributed by atoms with Crippen molar-refractivity contribution < 1.29 is 9.15 Å². The molecular formula is C11H11NO3. The van der Waals surface area contributed by atoms with E-state index >= 15 is 0 Å². The van der Waals surface area contributed by atoms with Crippen molar-refractivity contribution in [3.05, 3.63) is 40.8 Å². The Hall–Kier alpha value is -1.81. The number of para-hydroxylation sites is 1. The zero-order chi connectivity index (χ0) is 10.7. The summed E-state index contributed by atoms with van der Waals surface area (Å²) in [4.78, 5) is 11.4. The lowest BCUT2D eigenvalue weighted by atomic mass is 10.2. The summed E-state index contributed by atoms with van der Waals surface area (Å²) >= 11 is 0. The van der Waals surface area contributed by atoms with Gasteiger partial charge in [0.05, 0.1) is 0 Å². The number of benzene rings is 1. The molecule has 0 radical (unpaired) electrons. The summed E-state index contributed by atoms with van der Waals surface area (Å²) in [5, 5.41) is 0.837. The number of hydrogen-bond donors (Lipinski definition) is 1. The average Bonchev–Trinajstić information content (AvgIpc) is 2.26. The summed E-state index contributed by atoms with van der Waals surface area (Å²) < 4.78 is 10.2. The van der Waals surface area contributed by atoms with Crippen molar-refractivity contribution in [2.45, 2.75) is 0 Å². The van der Waals surface area contributed by atoms with Crippen LogP contribution < -0.4 is 16.1 Å². The van der Waals surface area contributed by atoms with Crippen LogP contribution in [0.4, 0.5) is 0 Å². The average molecular weight is 205 g/mol. The Morgan fingerprint density at radius 3 is 2.93 bits per heavy atom. The second kappa shape index (κ2) is 4.14. The summed E-state index contributed by atoms with van der Waals surface area (Å²) in [5.41, 5.74) is 5.37. The van der Waals surface area contributed by atoms with Crippen molar-refractivity contribution in [2.75, 3.05) is 13.2 Å². The van der Waals surface area contributed by atoms with Gasteiger partial charge < -0.3 is 14.9 Å². The topological polar surface area (TPSA) is 65.5 Å². The number of fused-ring (bicyclic) bond motifs is 1. The monoisotopic (exact) mass is 205 g/mol. The molecule has 2 rings (SSSR count). The normalized spacial score (nSPS) is 10.5. The molecule has 0 atom stereocenters. The van der Waals surface area contributed by atoms with Gasteiger partial charge in [-0.1, -0.05) is 18.2 Å². The molecule has 0 spiro atoms. The predicted molar refractivity (Wildman–Crippen MR) is 57.0 cm³/mol. The summed E-state index contributed by atoms with van der Waals surface area (Å²) in [6.45, 7) is 0.676. The van der Waals surface area contributed by atoms with E-state index in [2.05, 4.69) is 0 Å². The maximum Gasteiger partial charge on any atom is 0.379 e. The molecule has 15 heavy (non-hydrogen) atoms. The molecule has 0 saturated carbocycles. The van der Waals surface area contributed by atoms with E-state index in [4.69, 9.17) is 14.9 Å². The third-order valence-corrected chi connectivity index (χ3v) is 1.98. The SMILES string of the molecule is NCCOc1cc2ccccc2oc1=O. The molecular weight excluding hydrogens is 194 g/mol. The lowest BCUT2D eigenvalue weighted by Gasteiger charge is -2.03. The van der Waals surface area contributed by atoms with E-state index in [9.17, 15) is 4.79 Å². The van der Waals surface area contributed by atoms with Crippen molar-refractivity contribution in [1.29, 1.82) is 0 Å². The maximum absolute atomic E-state index is 11.4. The molecule has 0 saturated heterocycles. The van der Waals surface area contributed by atoms with Crippen LogP contribution >= 0.6 is 0 Å². The lowest BCUT2D eigenvalue weighted by Crippen LogP contribution is -2.14. The fourth-order valence-electron chi connectivity index (χ4n) is 1.31. The minimum atomic E-state index is -0.470. The van der Waals surface area contributed by atoms with Crippen LogP contribution in [0.5, 0.6) is 5.75 Å². The van der Waals surface area contributed by atoms with Crippen molar-refractivity contribution in [1.82, 2.24) is 0 Å². The van der Waals surface area contributed by atoms with Gasteiger partial charge in [0.15, 0.2) is 0 Å². The molecule has 0 aliphatic heterocycles. The Morgan fingerprint density at radius 1 is 1.33 bits per heavy atom. The van der Waals surface area contributed by atoms with E-state index < -0.39 is 5.63 Å². The van der Waals surface area contributed by atoms with E-state index in [-0.39, 0.29) is 5.75 Å². The quantitative estimate of drug-likeness (QED) is 0.763. The summed E-state index contributed by atoms with van der Waals surface area (Å²) in [5.74, 6) is 0.208. The van der Waals surface area contributed by atoms with Crippen molar-refractivity contribution >= 4 is 11.0 Å². The number of ether oxygens (including phenoxy) is 1. The molecule has 0 unspecified atom stereocenters. The second-order valence-corrected chi connectivity index (χ2v) is 3.07. The van der Waals surface area contributed by atoms with Crippen molar-refractivity contribution in [3.8, 4) is 5.75 Å². The van der Waals surface area contributed by atoms with E-state index in [1.807, 2.05) is 18.2 Å². The molecule has 2 aromatic rings. The molecule has 1 heterocycles. The Kier molecular flexibility index (Phi) is 2.69. The smallest absolute Gasteiger partial charge is 0.379 e. The van der Waals surface area contributed by atoms with E-state index in [0.29, 0.717) is 18.7 Å².